The second-order valence-corrected chi connectivity index (χ2v) is 8.86. The second-order valence-electron chi connectivity index (χ2n) is 7.18. The monoisotopic (exact) mass is 313 g/mol. The molecule has 0 aliphatic heterocycles. The van der Waals surface area contributed by atoms with Gasteiger partial charge in [-0.05, 0) is 53.5 Å². The van der Waals surface area contributed by atoms with Crippen LogP contribution in [0.1, 0.15) is 59.2 Å². The summed E-state index contributed by atoms with van der Waals surface area (Å²) in [4.78, 5) is 0.346. The molecule has 1 heterocycles. The van der Waals surface area contributed by atoms with Gasteiger partial charge in [0.1, 0.15) is 0 Å². The fourth-order valence-corrected chi connectivity index (χ4v) is 3.73. The molecule has 1 saturated carbocycles. The molecule has 0 amide bonds. The van der Waals surface area contributed by atoms with Gasteiger partial charge in [-0.1, -0.05) is 0 Å². The highest BCUT2D eigenvalue weighted by Crippen LogP contribution is 2.23. The molecular formula is C15H27N3O2S. The van der Waals surface area contributed by atoms with Crippen LogP contribution in [0.5, 0.6) is 0 Å². The second kappa shape index (κ2) is 5.74. The molecule has 2 N–H and O–H groups in total. The first-order valence-electron chi connectivity index (χ1n) is 7.56. The molecule has 1 aromatic rings. The smallest absolute Gasteiger partial charge is 0.242 e. The first-order valence-corrected chi connectivity index (χ1v) is 9.05. The van der Waals surface area contributed by atoms with Crippen molar-refractivity contribution in [3.63, 3.8) is 0 Å². The molecule has 0 spiro atoms. The Balaban J connectivity index is 2.25. The number of nitrogens with zero attached hydrogens (tertiary/aromatic N) is 1. The largest absolute Gasteiger partial charge is 0.346 e. The quantitative estimate of drug-likeness (QED) is 0.847. The molecule has 120 valence electrons. The number of hydrogen-bond acceptors (Lipinski definition) is 3. The van der Waals surface area contributed by atoms with Crippen LogP contribution < -0.4 is 10.0 Å². The van der Waals surface area contributed by atoms with Crippen molar-refractivity contribution in [2.75, 3.05) is 0 Å². The van der Waals surface area contributed by atoms with Crippen LogP contribution in [-0.2, 0) is 16.6 Å². The van der Waals surface area contributed by atoms with E-state index in [2.05, 4.69) is 23.9 Å². The van der Waals surface area contributed by atoms with E-state index in [0.29, 0.717) is 17.5 Å². The molecule has 0 atom stereocenters. The molecule has 0 bridgehead atoms. The van der Waals surface area contributed by atoms with Gasteiger partial charge in [-0.15, -0.1) is 0 Å². The highest BCUT2D eigenvalue weighted by molar-refractivity contribution is 7.89. The van der Waals surface area contributed by atoms with E-state index < -0.39 is 15.6 Å². The molecule has 0 unspecified atom stereocenters. The molecule has 1 fully saturated rings. The van der Waals surface area contributed by atoms with Gasteiger partial charge in [-0.3, -0.25) is 0 Å². The van der Waals surface area contributed by atoms with Gasteiger partial charge in [0.05, 0.1) is 4.90 Å². The van der Waals surface area contributed by atoms with Gasteiger partial charge in [0.25, 0.3) is 0 Å². The van der Waals surface area contributed by atoms with E-state index in [9.17, 15) is 8.42 Å². The minimum Gasteiger partial charge on any atom is -0.346 e. The highest BCUT2D eigenvalue weighted by atomic mass is 32.2. The van der Waals surface area contributed by atoms with Crippen LogP contribution in [0.4, 0.5) is 0 Å². The number of nitrogens with one attached hydrogen (secondary N) is 2. The summed E-state index contributed by atoms with van der Waals surface area (Å²) in [7, 11) is -3.47. The van der Waals surface area contributed by atoms with E-state index in [0.717, 1.165) is 5.69 Å². The van der Waals surface area contributed by atoms with Crippen molar-refractivity contribution < 1.29 is 8.42 Å². The van der Waals surface area contributed by atoms with E-state index in [-0.39, 0.29) is 6.04 Å². The van der Waals surface area contributed by atoms with Crippen LogP contribution >= 0.6 is 0 Å². The summed E-state index contributed by atoms with van der Waals surface area (Å²) in [5.74, 6) is 0. The van der Waals surface area contributed by atoms with Gasteiger partial charge >= 0.3 is 0 Å². The molecule has 2 rings (SSSR count). The van der Waals surface area contributed by atoms with Gasteiger partial charge in [-0.2, -0.15) is 0 Å². The maximum Gasteiger partial charge on any atom is 0.242 e. The topological polar surface area (TPSA) is 63.1 Å². The first kappa shape index (κ1) is 16.5. The third-order valence-corrected chi connectivity index (χ3v) is 5.09. The molecule has 0 saturated heterocycles. The normalized spacial score (nSPS) is 16.7. The van der Waals surface area contributed by atoms with Gasteiger partial charge < -0.3 is 9.88 Å². The van der Waals surface area contributed by atoms with Crippen LogP contribution in [0.2, 0.25) is 0 Å². The fourth-order valence-electron chi connectivity index (χ4n) is 2.26. The number of aromatic nitrogens is 1. The summed E-state index contributed by atoms with van der Waals surface area (Å²) >= 11 is 0. The zero-order valence-corrected chi connectivity index (χ0v) is 14.4. The molecule has 1 aliphatic carbocycles. The molecule has 21 heavy (non-hydrogen) atoms. The lowest BCUT2D eigenvalue weighted by Gasteiger charge is -2.19. The van der Waals surface area contributed by atoms with Crippen molar-refractivity contribution in [3.05, 3.63) is 18.0 Å². The Morgan fingerprint density at radius 2 is 1.95 bits per heavy atom. The van der Waals surface area contributed by atoms with Crippen LogP contribution in [0.15, 0.2) is 17.2 Å². The van der Waals surface area contributed by atoms with Gasteiger partial charge in [0, 0.05) is 36.1 Å². The average molecular weight is 313 g/mol. The van der Waals surface area contributed by atoms with Gasteiger partial charge in [0.15, 0.2) is 0 Å². The summed E-state index contributed by atoms with van der Waals surface area (Å²) in [6.07, 6.45) is 4.18. The molecule has 5 nitrogen and oxygen atoms in total. The van der Waals surface area contributed by atoms with E-state index >= 15 is 0 Å². The predicted molar refractivity (Wildman–Crippen MR) is 84.8 cm³/mol. The van der Waals surface area contributed by atoms with E-state index in [1.165, 1.54) is 12.8 Å². The van der Waals surface area contributed by atoms with Crippen molar-refractivity contribution in [1.82, 2.24) is 14.6 Å². The van der Waals surface area contributed by atoms with Crippen LogP contribution in [0.25, 0.3) is 0 Å². The minimum absolute atomic E-state index is 0.236. The summed E-state index contributed by atoms with van der Waals surface area (Å²) in [5, 5.41) is 3.45. The van der Waals surface area contributed by atoms with Gasteiger partial charge in [0.2, 0.25) is 10.0 Å². The third-order valence-electron chi connectivity index (χ3n) is 3.36. The van der Waals surface area contributed by atoms with E-state index in [1.54, 1.807) is 12.3 Å². The van der Waals surface area contributed by atoms with Crippen LogP contribution in [0.3, 0.4) is 0 Å². The van der Waals surface area contributed by atoms with Crippen molar-refractivity contribution in [1.29, 1.82) is 0 Å². The van der Waals surface area contributed by atoms with Crippen molar-refractivity contribution >= 4 is 10.0 Å². The van der Waals surface area contributed by atoms with Crippen LogP contribution in [0, 0.1) is 0 Å². The Morgan fingerprint density at radius 3 is 2.43 bits per heavy atom. The minimum atomic E-state index is -3.47. The number of sulfonamides is 1. The third kappa shape index (κ3) is 4.56. The Kier molecular flexibility index (Phi) is 4.52. The zero-order valence-electron chi connectivity index (χ0n) is 13.6. The molecule has 0 radical (unpaired) electrons. The maximum absolute atomic E-state index is 12.4. The van der Waals surface area contributed by atoms with E-state index in [1.807, 2.05) is 25.3 Å². The molecule has 1 aliphatic rings. The molecular weight excluding hydrogens is 286 g/mol. The number of rotatable bonds is 6. The van der Waals surface area contributed by atoms with Crippen molar-refractivity contribution in [2.24, 2.45) is 0 Å². The molecule has 1 aromatic heterocycles. The zero-order chi connectivity index (χ0) is 15.8. The fraction of sp³-hybridized carbons (Fsp3) is 0.733. The van der Waals surface area contributed by atoms with E-state index in [4.69, 9.17) is 0 Å². The Bertz CT molecular complexity index is 593. The summed E-state index contributed by atoms with van der Waals surface area (Å²) in [6.45, 7) is 10.4. The Labute approximate surface area is 128 Å². The summed E-state index contributed by atoms with van der Waals surface area (Å²) < 4.78 is 29.6. The van der Waals surface area contributed by atoms with Crippen molar-refractivity contribution in [2.45, 2.75) is 76.5 Å². The molecule has 6 heteroatoms. The van der Waals surface area contributed by atoms with Crippen LogP contribution in [-0.4, -0.2) is 24.6 Å². The summed E-state index contributed by atoms with van der Waals surface area (Å²) in [5.41, 5.74) is 0.539. The first-order chi connectivity index (χ1) is 9.58. The van der Waals surface area contributed by atoms with Gasteiger partial charge in [-0.25, -0.2) is 13.1 Å². The maximum atomic E-state index is 12.4. The SMILES string of the molecule is CC(C)n1cc(S(=O)(=O)NC(C)(C)C)cc1CNC1CC1. The number of hydrogen-bond donors (Lipinski definition) is 2. The average Bonchev–Trinajstić information content (AvgIpc) is 3.00. The molecule has 0 aromatic carbocycles. The Hall–Kier alpha value is -0.850. The lowest BCUT2D eigenvalue weighted by molar-refractivity contribution is 0.491. The lowest BCUT2D eigenvalue weighted by atomic mass is 10.1. The Morgan fingerprint density at radius 1 is 1.33 bits per heavy atom. The predicted octanol–water partition coefficient (Wildman–Crippen LogP) is 2.40. The standard InChI is InChI=1S/C15H27N3O2S/c1-11(2)18-10-14(21(19,20)17-15(3,4)5)8-13(18)9-16-12-6-7-12/h8,10-12,16-17H,6-7,9H2,1-5H3. The lowest BCUT2D eigenvalue weighted by Crippen LogP contribution is -2.40. The summed E-state index contributed by atoms with van der Waals surface area (Å²) in [6, 6.07) is 2.62. The highest BCUT2D eigenvalue weighted by Gasteiger charge is 2.26. The van der Waals surface area contributed by atoms with Crippen molar-refractivity contribution in [3.8, 4) is 0 Å².